The SMILES string of the molecule is O=C(O)CCCC(=O)N(Cc1ccccc1)CC(F)(F)F. The van der Waals surface area contributed by atoms with E-state index in [1.807, 2.05) is 0 Å². The number of carbonyl (C=O) groups excluding carboxylic acids is 1. The van der Waals surface area contributed by atoms with Gasteiger partial charge in [0, 0.05) is 19.4 Å². The summed E-state index contributed by atoms with van der Waals surface area (Å²) in [5.41, 5.74) is 0.591. The number of benzene rings is 1. The van der Waals surface area contributed by atoms with Crippen molar-refractivity contribution in [2.45, 2.75) is 32.0 Å². The Balaban J connectivity index is 2.67. The second kappa shape index (κ2) is 7.66. The maximum atomic E-state index is 12.5. The fourth-order valence-electron chi connectivity index (χ4n) is 1.80. The van der Waals surface area contributed by atoms with Crippen LogP contribution >= 0.6 is 0 Å². The van der Waals surface area contributed by atoms with E-state index >= 15 is 0 Å². The topological polar surface area (TPSA) is 57.6 Å². The van der Waals surface area contributed by atoms with Crippen molar-refractivity contribution in [1.29, 1.82) is 0 Å². The molecule has 1 N–H and O–H groups in total. The van der Waals surface area contributed by atoms with Crippen molar-refractivity contribution in [3.63, 3.8) is 0 Å². The maximum Gasteiger partial charge on any atom is 0.406 e. The van der Waals surface area contributed by atoms with E-state index in [2.05, 4.69) is 0 Å². The van der Waals surface area contributed by atoms with Gasteiger partial charge in [0.25, 0.3) is 0 Å². The summed E-state index contributed by atoms with van der Waals surface area (Å²) >= 11 is 0. The molecule has 116 valence electrons. The van der Waals surface area contributed by atoms with Gasteiger partial charge in [-0.3, -0.25) is 9.59 Å². The summed E-state index contributed by atoms with van der Waals surface area (Å²) in [6.45, 7) is -1.49. The Morgan fingerprint density at radius 3 is 2.24 bits per heavy atom. The summed E-state index contributed by atoms with van der Waals surface area (Å²) in [7, 11) is 0. The Morgan fingerprint density at radius 1 is 1.10 bits per heavy atom. The highest BCUT2D eigenvalue weighted by molar-refractivity contribution is 5.77. The van der Waals surface area contributed by atoms with Crippen molar-refractivity contribution in [2.24, 2.45) is 0 Å². The van der Waals surface area contributed by atoms with E-state index in [1.165, 1.54) is 0 Å². The Kier molecular flexibility index (Phi) is 6.20. The molecule has 0 saturated heterocycles. The van der Waals surface area contributed by atoms with Gasteiger partial charge < -0.3 is 10.0 Å². The van der Waals surface area contributed by atoms with Crippen LogP contribution in [-0.4, -0.2) is 34.6 Å². The van der Waals surface area contributed by atoms with E-state index in [9.17, 15) is 22.8 Å². The molecule has 0 atom stereocenters. The van der Waals surface area contributed by atoms with Crippen LogP contribution in [-0.2, 0) is 16.1 Å². The average molecular weight is 303 g/mol. The van der Waals surface area contributed by atoms with E-state index in [1.54, 1.807) is 30.3 Å². The molecule has 0 heterocycles. The van der Waals surface area contributed by atoms with Crippen LogP contribution in [0.5, 0.6) is 0 Å². The van der Waals surface area contributed by atoms with Gasteiger partial charge in [0.15, 0.2) is 0 Å². The van der Waals surface area contributed by atoms with Crippen LogP contribution in [0.15, 0.2) is 30.3 Å². The van der Waals surface area contributed by atoms with Gasteiger partial charge >= 0.3 is 12.1 Å². The number of carbonyl (C=O) groups is 2. The first-order valence-corrected chi connectivity index (χ1v) is 6.38. The van der Waals surface area contributed by atoms with Gasteiger partial charge in [0.2, 0.25) is 5.91 Å². The second-order valence-electron chi connectivity index (χ2n) is 4.60. The summed E-state index contributed by atoms with van der Waals surface area (Å²) in [6.07, 6.45) is -4.92. The molecule has 1 amide bonds. The lowest BCUT2D eigenvalue weighted by atomic mass is 10.2. The quantitative estimate of drug-likeness (QED) is 0.842. The van der Waals surface area contributed by atoms with Gasteiger partial charge in [-0.2, -0.15) is 13.2 Å². The minimum atomic E-state index is -4.49. The average Bonchev–Trinajstić information content (AvgIpc) is 2.37. The lowest BCUT2D eigenvalue weighted by Crippen LogP contribution is -2.38. The third-order valence-electron chi connectivity index (χ3n) is 2.72. The Hall–Kier alpha value is -2.05. The van der Waals surface area contributed by atoms with Crippen LogP contribution in [0.2, 0.25) is 0 Å². The summed E-state index contributed by atoms with van der Waals surface area (Å²) in [4.78, 5) is 22.9. The van der Waals surface area contributed by atoms with E-state index < -0.39 is 24.6 Å². The first kappa shape index (κ1) is 17.0. The van der Waals surface area contributed by atoms with Gasteiger partial charge in [-0.1, -0.05) is 30.3 Å². The third-order valence-corrected chi connectivity index (χ3v) is 2.72. The van der Waals surface area contributed by atoms with Crippen LogP contribution in [0.25, 0.3) is 0 Å². The summed E-state index contributed by atoms with van der Waals surface area (Å²) in [5, 5.41) is 8.48. The Morgan fingerprint density at radius 2 is 1.71 bits per heavy atom. The van der Waals surface area contributed by atoms with Crippen molar-refractivity contribution in [3.05, 3.63) is 35.9 Å². The second-order valence-corrected chi connectivity index (χ2v) is 4.60. The molecular weight excluding hydrogens is 287 g/mol. The number of nitrogens with zero attached hydrogens (tertiary/aromatic N) is 1. The number of alkyl halides is 3. The van der Waals surface area contributed by atoms with E-state index in [0.29, 0.717) is 10.5 Å². The molecule has 0 aromatic heterocycles. The number of hydrogen-bond donors (Lipinski definition) is 1. The van der Waals surface area contributed by atoms with Crippen LogP contribution in [0.1, 0.15) is 24.8 Å². The lowest BCUT2D eigenvalue weighted by molar-refractivity contribution is -0.162. The third kappa shape index (κ3) is 7.34. The zero-order chi connectivity index (χ0) is 15.9. The number of hydrogen-bond acceptors (Lipinski definition) is 2. The summed E-state index contributed by atoms with van der Waals surface area (Å²) in [5.74, 6) is -1.77. The predicted molar refractivity (Wildman–Crippen MR) is 69.4 cm³/mol. The molecule has 7 heteroatoms. The summed E-state index contributed by atoms with van der Waals surface area (Å²) in [6, 6.07) is 8.35. The molecule has 1 aromatic rings. The molecule has 0 saturated carbocycles. The van der Waals surface area contributed by atoms with Crippen molar-refractivity contribution in [1.82, 2.24) is 4.90 Å². The zero-order valence-corrected chi connectivity index (χ0v) is 11.3. The molecular formula is C14H16F3NO3. The molecule has 0 fully saturated rings. The molecule has 1 rings (SSSR count). The first-order chi connectivity index (χ1) is 9.78. The molecule has 21 heavy (non-hydrogen) atoms. The standard InChI is InChI=1S/C14H16F3NO3/c15-14(16,17)10-18(9-11-5-2-1-3-6-11)12(19)7-4-8-13(20)21/h1-3,5-6H,4,7-10H2,(H,20,21). The normalized spacial score (nSPS) is 11.2. The molecule has 0 unspecified atom stereocenters. The predicted octanol–water partition coefficient (Wildman–Crippen LogP) is 2.83. The van der Waals surface area contributed by atoms with Crippen LogP contribution in [0, 0.1) is 0 Å². The van der Waals surface area contributed by atoms with Crippen LogP contribution < -0.4 is 0 Å². The number of amides is 1. The number of halogens is 3. The smallest absolute Gasteiger partial charge is 0.406 e. The Bertz CT molecular complexity index is 474. The van der Waals surface area contributed by atoms with Gasteiger partial charge in [-0.05, 0) is 12.0 Å². The van der Waals surface area contributed by atoms with E-state index in [-0.39, 0.29) is 25.8 Å². The highest BCUT2D eigenvalue weighted by Gasteiger charge is 2.32. The maximum absolute atomic E-state index is 12.5. The molecule has 1 aromatic carbocycles. The van der Waals surface area contributed by atoms with Gasteiger partial charge in [-0.15, -0.1) is 0 Å². The fourth-order valence-corrected chi connectivity index (χ4v) is 1.80. The van der Waals surface area contributed by atoms with E-state index in [0.717, 1.165) is 0 Å². The first-order valence-electron chi connectivity index (χ1n) is 6.38. The molecule has 0 bridgehead atoms. The van der Waals surface area contributed by atoms with Gasteiger partial charge in [0.1, 0.15) is 6.54 Å². The van der Waals surface area contributed by atoms with Crippen molar-refractivity contribution >= 4 is 11.9 Å². The van der Waals surface area contributed by atoms with Crippen LogP contribution in [0.4, 0.5) is 13.2 Å². The highest BCUT2D eigenvalue weighted by Crippen LogP contribution is 2.19. The fraction of sp³-hybridized carbons (Fsp3) is 0.429. The van der Waals surface area contributed by atoms with Gasteiger partial charge in [-0.25, -0.2) is 0 Å². The van der Waals surface area contributed by atoms with Crippen molar-refractivity contribution in [3.8, 4) is 0 Å². The zero-order valence-electron chi connectivity index (χ0n) is 11.3. The summed E-state index contributed by atoms with van der Waals surface area (Å²) < 4.78 is 37.6. The molecule has 0 spiro atoms. The van der Waals surface area contributed by atoms with E-state index in [4.69, 9.17) is 5.11 Å². The molecule has 0 aliphatic carbocycles. The number of carboxylic acids is 1. The van der Waals surface area contributed by atoms with Crippen molar-refractivity contribution in [2.75, 3.05) is 6.54 Å². The Labute approximate surface area is 120 Å². The minimum Gasteiger partial charge on any atom is -0.481 e. The van der Waals surface area contributed by atoms with Crippen LogP contribution in [0.3, 0.4) is 0 Å². The molecule has 0 radical (unpaired) electrons. The highest BCUT2D eigenvalue weighted by atomic mass is 19.4. The monoisotopic (exact) mass is 303 g/mol. The number of rotatable bonds is 7. The molecule has 0 aliphatic rings. The van der Waals surface area contributed by atoms with Gasteiger partial charge in [0.05, 0.1) is 0 Å². The largest absolute Gasteiger partial charge is 0.481 e. The number of aliphatic carboxylic acids is 1. The number of carboxylic acid groups (broad SMARTS) is 1. The van der Waals surface area contributed by atoms with Crippen molar-refractivity contribution < 1.29 is 27.9 Å². The molecule has 4 nitrogen and oxygen atoms in total. The lowest BCUT2D eigenvalue weighted by Gasteiger charge is -2.24. The molecule has 0 aliphatic heterocycles. The minimum absolute atomic E-state index is 0.0251.